The van der Waals surface area contributed by atoms with Crippen LogP contribution in [0, 0.1) is 5.82 Å². The molecule has 1 N–H and O–H groups in total. The fraction of sp³-hybridized carbons (Fsp3) is 0.412. The van der Waals surface area contributed by atoms with Crippen molar-refractivity contribution in [3.63, 3.8) is 0 Å². The predicted octanol–water partition coefficient (Wildman–Crippen LogP) is 3.68. The zero-order chi connectivity index (χ0) is 18.7. The van der Waals surface area contributed by atoms with E-state index >= 15 is 0 Å². The average molecular weight is 395 g/mol. The maximum atomic E-state index is 13.5. The molecule has 138 valence electrons. The van der Waals surface area contributed by atoms with Gasteiger partial charge in [-0.05, 0) is 37.1 Å². The highest BCUT2D eigenvalue weighted by molar-refractivity contribution is 8.01. The minimum atomic E-state index is -1.43. The Morgan fingerprint density at radius 1 is 1.46 bits per heavy atom. The predicted molar refractivity (Wildman–Crippen MR) is 98.1 cm³/mol. The van der Waals surface area contributed by atoms with Crippen molar-refractivity contribution in [3.8, 4) is 0 Å². The number of nitrogens with zero attached hydrogens (tertiary/aromatic N) is 2. The van der Waals surface area contributed by atoms with Gasteiger partial charge < -0.3 is 4.74 Å². The lowest BCUT2D eigenvalue weighted by atomic mass is 9.89. The third-order valence-electron chi connectivity index (χ3n) is 3.96. The largest absolute Gasteiger partial charge is 0.445 e. The molecule has 0 aliphatic carbocycles. The van der Waals surface area contributed by atoms with Gasteiger partial charge in [-0.25, -0.2) is 9.18 Å². The molecule has 1 aromatic carbocycles. The molecule has 1 aliphatic heterocycles. The minimum Gasteiger partial charge on any atom is -0.445 e. The Labute approximate surface area is 158 Å². The number of nitrogens with one attached hydrogen (secondary N) is 1. The number of amides is 1. The van der Waals surface area contributed by atoms with Crippen molar-refractivity contribution in [3.05, 3.63) is 35.1 Å². The van der Waals surface area contributed by atoms with Crippen molar-refractivity contribution in [2.24, 2.45) is 0 Å². The number of cyclic esters (lactones) is 1. The van der Waals surface area contributed by atoms with E-state index in [1.807, 2.05) is 0 Å². The molecule has 0 saturated carbocycles. The van der Waals surface area contributed by atoms with Gasteiger partial charge in [-0.3, -0.25) is 10.1 Å². The molecule has 2 aromatic rings. The molecular formula is C17H18FN3O3S2. The molecule has 6 nitrogen and oxygen atoms in total. The molecule has 9 heteroatoms. The van der Waals surface area contributed by atoms with Gasteiger partial charge in [0.15, 0.2) is 9.94 Å². The average Bonchev–Trinajstić information content (AvgIpc) is 3.02. The van der Waals surface area contributed by atoms with Crippen LogP contribution in [0.1, 0.15) is 42.6 Å². The zero-order valence-electron chi connectivity index (χ0n) is 14.4. The van der Waals surface area contributed by atoms with Gasteiger partial charge in [0.1, 0.15) is 5.82 Å². The molecule has 0 spiro atoms. The van der Waals surface area contributed by atoms with Crippen LogP contribution in [0.4, 0.5) is 9.52 Å². The first-order valence-corrected chi connectivity index (χ1v) is 10.0. The van der Waals surface area contributed by atoms with Crippen LogP contribution in [0.25, 0.3) is 0 Å². The number of rotatable bonds is 6. The van der Waals surface area contributed by atoms with Crippen LogP contribution < -0.4 is 5.32 Å². The highest BCUT2D eigenvalue weighted by Gasteiger charge is 2.43. The SMILES string of the molecule is CCCCSc1nnc(NC(=O)C2(C)Cc3cc(F)ccc3C(=O)O2)s1. The quantitative estimate of drug-likeness (QED) is 0.348. The van der Waals surface area contributed by atoms with Crippen molar-refractivity contribution in [2.75, 3.05) is 11.1 Å². The van der Waals surface area contributed by atoms with Crippen molar-refractivity contribution in [2.45, 2.75) is 43.1 Å². The molecule has 0 fully saturated rings. The fourth-order valence-electron chi connectivity index (χ4n) is 2.55. The smallest absolute Gasteiger partial charge is 0.339 e. The van der Waals surface area contributed by atoms with Gasteiger partial charge in [0.2, 0.25) is 5.13 Å². The molecule has 1 aliphatic rings. The van der Waals surface area contributed by atoms with Crippen LogP contribution >= 0.6 is 23.1 Å². The Kier molecular flexibility index (Phi) is 5.57. The summed E-state index contributed by atoms with van der Waals surface area (Å²) in [6.45, 7) is 3.62. The summed E-state index contributed by atoms with van der Waals surface area (Å²) in [4.78, 5) is 24.8. The molecule has 2 heterocycles. The highest BCUT2D eigenvalue weighted by Crippen LogP contribution is 2.31. The van der Waals surface area contributed by atoms with E-state index in [-0.39, 0.29) is 12.0 Å². The number of benzene rings is 1. The summed E-state index contributed by atoms with van der Waals surface area (Å²) in [7, 11) is 0. The first kappa shape index (κ1) is 18.8. The number of aromatic nitrogens is 2. The molecular weight excluding hydrogens is 377 g/mol. The highest BCUT2D eigenvalue weighted by atomic mass is 32.2. The van der Waals surface area contributed by atoms with Crippen molar-refractivity contribution in [1.29, 1.82) is 0 Å². The second-order valence-corrected chi connectivity index (χ2v) is 8.45. The first-order valence-electron chi connectivity index (χ1n) is 8.21. The summed E-state index contributed by atoms with van der Waals surface area (Å²) in [5.74, 6) is -0.672. The number of esters is 1. The summed E-state index contributed by atoms with van der Waals surface area (Å²) in [5.41, 5.74) is -0.701. The Balaban J connectivity index is 1.70. The Hall–Kier alpha value is -2.00. The van der Waals surface area contributed by atoms with E-state index in [0.717, 1.165) is 22.9 Å². The molecule has 26 heavy (non-hydrogen) atoms. The van der Waals surface area contributed by atoms with Crippen LogP contribution in [0.2, 0.25) is 0 Å². The monoisotopic (exact) mass is 395 g/mol. The van der Waals surface area contributed by atoms with Crippen LogP contribution in [-0.2, 0) is 16.0 Å². The molecule has 0 saturated heterocycles. The van der Waals surface area contributed by atoms with Crippen LogP contribution in [0.5, 0.6) is 0 Å². The summed E-state index contributed by atoms with van der Waals surface area (Å²) in [5, 5.41) is 11.0. The number of halogens is 1. The second-order valence-electron chi connectivity index (χ2n) is 6.13. The van der Waals surface area contributed by atoms with Crippen LogP contribution in [-0.4, -0.2) is 33.4 Å². The van der Waals surface area contributed by atoms with E-state index in [9.17, 15) is 14.0 Å². The van der Waals surface area contributed by atoms with Gasteiger partial charge in [-0.2, -0.15) is 0 Å². The van der Waals surface area contributed by atoms with E-state index in [2.05, 4.69) is 22.4 Å². The van der Waals surface area contributed by atoms with E-state index in [1.165, 1.54) is 36.5 Å². The van der Waals surface area contributed by atoms with Gasteiger partial charge >= 0.3 is 5.97 Å². The number of fused-ring (bicyclic) bond motifs is 1. The number of carbonyl (C=O) groups excluding carboxylic acids is 2. The standard InChI is InChI=1S/C17H18FN3O3S2/c1-3-4-7-25-16-21-20-15(26-16)19-14(23)17(2)9-10-8-11(18)5-6-12(10)13(22)24-17/h5-6,8H,3-4,7,9H2,1-2H3,(H,19,20,23). The van der Waals surface area contributed by atoms with Crippen molar-refractivity contribution < 1.29 is 18.7 Å². The zero-order valence-corrected chi connectivity index (χ0v) is 16.0. The summed E-state index contributed by atoms with van der Waals surface area (Å²) in [6.07, 6.45) is 2.27. The van der Waals surface area contributed by atoms with Crippen LogP contribution in [0.3, 0.4) is 0 Å². The Morgan fingerprint density at radius 2 is 2.27 bits per heavy atom. The molecule has 0 radical (unpaired) electrons. The second kappa shape index (κ2) is 7.71. The Morgan fingerprint density at radius 3 is 3.04 bits per heavy atom. The molecule has 1 aromatic heterocycles. The normalized spacial score (nSPS) is 19.0. The Bertz CT molecular complexity index is 842. The van der Waals surface area contributed by atoms with Gasteiger partial charge in [0.05, 0.1) is 5.56 Å². The van der Waals surface area contributed by atoms with E-state index < -0.39 is 23.3 Å². The van der Waals surface area contributed by atoms with Crippen molar-refractivity contribution in [1.82, 2.24) is 10.2 Å². The third-order valence-corrected chi connectivity index (χ3v) is 6.02. The number of unbranched alkanes of at least 4 members (excludes halogenated alkanes) is 1. The van der Waals surface area contributed by atoms with E-state index in [1.54, 1.807) is 11.8 Å². The summed E-state index contributed by atoms with van der Waals surface area (Å²) >= 11 is 2.86. The maximum Gasteiger partial charge on any atom is 0.339 e. The van der Waals surface area contributed by atoms with Crippen LogP contribution in [0.15, 0.2) is 22.5 Å². The number of hydrogen-bond donors (Lipinski definition) is 1. The molecule has 3 rings (SSSR count). The number of thioether (sulfide) groups is 1. The first-order chi connectivity index (χ1) is 12.4. The number of anilines is 1. The fourth-order valence-corrected chi connectivity index (χ4v) is 4.45. The van der Waals surface area contributed by atoms with Gasteiger partial charge in [0.25, 0.3) is 5.91 Å². The van der Waals surface area contributed by atoms with Gasteiger partial charge in [-0.1, -0.05) is 36.4 Å². The lowest BCUT2D eigenvalue weighted by Crippen LogP contribution is -2.48. The number of ether oxygens (including phenoxy) is 1. The molecule has 0 bridgehead atoms. The minimum absolute atomic E-state index is 0.0918. The van der Waals surface area contributed by atoms with E-state index in [4.69, 9.17) is 4.74 Å². The van der Waals surface area contributed by atoms with E-state index in [0.29, 0.717) is 10.7 Å². The third kappa shape index (κ3) is 4.04. The number of carbonyl (C=O) groups is 2. The topological polar surface area (TPSA) is 81.2 Å². The summed E-state index contributed by atoms with van der Waals surface area (Å²) < 4.78 is 19.6. The van der Waals surface area contributed by atoms with Crippen molar-refractivity contribution >= 4 is 40.1 Å². The maximum absolute atomic E-state index is 13.5. The molecule has 1 unspecified atom stereocenters. The lowest BCUT2D eigenvalue weighted by molar-refractivity contribution is -0.134. The summed E-state index contributed by atoms with van der Waals surface area (Å²) in [6, 6.07) is 3.82. The molecule has 1 amide bonds. The number of hydrogen-bond acceptors (Lipinski definition) is 7. The molecule has 1 atom stereocenters. The van der Waals surface area contributed by atoms with Gasteiger partial charge in [-0.15, -0.1) is 10.2 Å². The lowest BCUT2D eigenvalue weighted by Gasteiger charge is -2.32. The van der Waals surface area contributed by atoms with Gasteiger partial charge in [0, 0.05) is 12.2 Å².